The van der Waals surface area contributed by atoms with Gasteiger partial charge in [0, 0.05) is 36.6 Å². The highest BCUT2D eigenvalue weighted by molar-refractivity contribution is 5.98. The highest BCUT2D eigenvalue weighted by Crippen LogP contribution is 2.22. The second kappa shape index (κ2) is 4.31. The molecule has 0 atom stereocenters. The number of hydrogen-bond donors (Lipinski definition) is 1. The Morgan fingerprint density at radius 3 is 2.79 bits per heavy atom. The molecule has 0 aliphatic rings. The van der Waals surface area contributed by atoms with E-state index in [9.17, 15) is 4.79 Å². The summed E-state index contributed by atoms with van der Waals surface area (Å²) in [6.45, 7) is 0. The Morgan fingerprint density at radius 1 is 1.26 bits per heavy atom. The molecule has 0 saturated carbocycles. The van der Waals surface area contributed by atoms with Crippen LogP contribution in [-0.4, -0.2) is 10.4 Å². The number of carbonyl (C=O) groups excluding carboxylic acids is 1. The third-order valence-electron chi connectivity index (χ3n) is 3.23. The van der Waals surface area contributed by atoms with Crippen molar-refractivity contribution in [1.82, 2.24) is 4.57 Å². The van der Waals surface area contributed by atoms with Crippen LogP contribution in [0.25, 0.3) is 10.9 Å². The van der Waals surface area contributed by atoms with Gasteiger partial charge in [-0.3, -0.25) is 4.79 Å². The van der Waals surface area contributed by atoms with Crippen molar-refractivity contribution in [1.29, 1.82) is 0 Å². The first kappa shape index (κ1) is 11.6. The molecule has 2 aromatic heterocycles. The van der Waals surface area contributed by atoms with Crippen LogP contribution in [0.2, 0.25) is 0 Å². The SMILES string of the molecule is Cn1cc(CC(=O)c2ccc(N)o2)c2ccccc21. The monoisotopic (exact) mass is 254 g/mol. The summed E-state index contributed by atoms with van der Waals surface area (Å²) in [5.41, 5.74) is 7.59. The van der Waals surface area contributed by atoms with Crippen LogP contribution in [0, 0.1) is 0 Å². The molecular weight excluding hydrogens is 240 g/mol. The summed E-state index contributed by atoms with van der Waals surface area (Å²) in [7, 11) is 1.97. The van der Waals surface area contributed by atoms with Crippen molar-refractivity contribution >= 4 is 22.6 Å². The molecule has 0 fully saturated rings. The van der Waals surface area contributed by atoms with Crippen molar-refractivity contribution in [2.75, 3.05) is 5.73 Å². The van der Waals surface area contributed by atoms with Crippen molar-refractivity contribution < 1.29 is 9.21 Å². The van der Waals surface area contributed by atoms with Crippen molar-refractivity contribution in [3.8, 4) is 0 Å². The summed E-state index contributed by atoms with van der Waals surface area (Å²) < 4.78 is 7.18. The number of aromatic nitrogens is 1. The van der Waals surface area contributed by atoms with Crippen LogP contribution in [0.3, 0.4) is 0 Å². The lowest BCUT2D eigenvalue weighted by molar-refractivity contribution is 0.0968. The van der Waals surface area contributed by atoms with E-state index in [0.717, 1.165) is 16.5 Å². The highest BCUT2D eigenvalue weighted by atomic mass is 16.4. The number of nitrogens with two attached hydrogens (primary N) is 1. The number of Topliss-reactive ketones (excluding diaryl/α,β-unsaturated/α-hetero) is 1. The van der Waals surface area contributed by atoms with Gasteiger partial charge in [-0.25, -0.2) is 0 Å². The lowest BCUT2D eigenvalue weighted by atomic mass is 10.1. The molecule has 2 N–H and O–H groups in total. The molecule has 0 bridgehead atoms. The molecule has 0 amide bonds. The minimum atomic E-state index is -0.0620. The molecule has 0 aliphatic heterocycles. The van der Waals surface area contributed by atoms with Crippen molar-refractivity contribution in [3.63, 3.8) is 0 Å². The number of ketones is 1. The van der Waals surface area contributed by atoms with E-state index in [2.05, 4.69) is 0 Å². The van der Waals surface area contributed by atoms with E-state index < -0.39 is 0 Å². The maximum absolute atomic E-state index is 12.1. The summed E-state index contributed by atoms with van der Waals surface area (Å²) >= 11 is 0. The first-order valence-corrected chi connectivity index (χ1v) is 6.06. The van der Waals surface area contributed by atoms with Gasteiger partial charge < -0.3 is 14.7 Å². The molecule has 19 heavy (non-hydrogen) atoms. The fraction of sp³-hybridized carbons (Fsp3) is 0.133. The number of rotatable bonds is 3. The topological polar surface area (TPSA) is 61.2 Å². The van der Waals surface area contributed by atoms with E-state index in [1.165, 1.54) is 0 Å². The molecule has 3 aromatic rings. The standard InChI is InChI=1S/C15H14N2O2/c1-17-9-10(11-4-2-3-5-12(11)17)8-13(18)14-6-7-15(16)19-14/h2-7,9H,8,16H2,1H3. The largest absolute Gasteiger partial charge is 0.438 e. The normalized spacial score (nSPS) is 11.0. The van der Waals surface area contributed by atoms with Gasteiger partial charge in [0.25, 0.3) is 0 Å². The van der Waals surface area contributed by atoms with Crippen LogP contribution in [0.1, 0.15) is 16.1 Å². The molecule has 0 unspecified atom stereocenters. The molecule has 3 rings (SSSR count). The van der Waals surface area contributed by atoms with E-state index in [-0.39, 0.29) is 11.7 Å². The van der Waals surface area contributed by atoms with Crippen molar-refractivity contribution in [3.05, 3.63) is 53.9 Å². The number of hydrogen-bond acceptors (Lipinski definition) is 3. The predicted molar refractivity (Wildman–Crippen MR) is 74.1 cm³/mol. The van der Waals surface area contributed by atoms with Crippen molar-refractivity contribution in [2.45, 2.75) is 6.42 Å². The number of anilines is 1. The molecular formula is C15H14N2O2. The number of aryl methyl sites for hydroxylation is 1. The number of carbonyl (C=O) groups is 1. The number of benzene rings is 1. The molecule has 0 radical (unpaired) electrons. The fourth-order valence-corrected chi connectivity index (χ4v) is 2.33. The molecule has 2 heterocycles. The molecule has 96 valence electrons. The van der Waals surface area contributed by atoms with Gasteiger partial charge in [0.2, 0.25) is 5.78 Å². The fourth-order valence-electron chi connectivity index (χ4n) is 2.33. The first-order valence-electron chi connectivity index (χ1n) is 6.06. The molecule has 4 heteroatoms. The Bertz CT molecular complexity index is 752. The van der Waals surface area contributed by atoms with Crippen molar-refractivity contribution in [2.24, 2.45) is 7.05 Å². The third-order valence-corrected chi connectivity index (χ3v) is 3.23. The average molecular weight is 254 g/mol. The van der Waals surface area contributed by atoms with Gasteiger partial charge in [-0.2, -0.15) is 0 Å². The zero-order valence-corrected chi connectivity index (χ0v) is 10.6. The maximum Gasteiger partial charge on any atom is 0.202 e. The van der Waals surface area contributed by atoms with E-state index in [1.807, 2.05) is 42.1 Å². The quantitative estimate of drug-likeness (QED) is 0.731. The van der Waals surface area contributed by atoms with Crippen LogP contribution in [0.4, 0.5) is 5.88 Å². The Morgan fingerprint density at radius 2 is 2.05 bits per heavy atom. The lowest BCUT2D eigenvalue weighted by Gasteiger charge is -1.97. The Hall–Kier alpha value is -2.49. The van der Waals surface area contributed by atoms with Crippen LogP contribution < -0.4 is 5.73 Å². The number of para-hydroxylation sites is 1. The van der Waals surface area contributed by atoms with E-state index in [1.54, 1.807) is 12.1 Å². The lowest BCUT2D eigenvalue weighted by Crippen LogP contribution is -2.01. The maximum atomic E-state index is 12.1. The summed E-state index contributed by atoms with van der Waals surface area (Å²) in [5.74, 6) is 0.514. The van der Waals surface area contributed by atoms with E-state index in [0.29, 0.717) is 12.2 Å². The van der Waals surface area contributed by atoms with Gasteiger partial charge in [0.15, 0.2) is 11.6 Å². The minimum absolute atomic E-state index is 0.0620. The number of nitrogens with zero attached hydrogens (tertiary/aromatic N) is 1. The zero-order valence-electron chi connectivity index (χ0n) is 10.6. The molecule has 0 aliphatic carbocycles. The van der Waals surface area contributed by atoms with Crippen LogP contribution >= 0.6 is 0 Å². The second-order valence-electron chi connectivity index (χ2n) is 4.58. The molecule has 0 spiro atoms. The number of nitrogen functional groups attached to an aromatic ring is 1. The van der Waals surface area contributed by atoms with Gasteiger partial charge in [0.1, 0.15) is 0 Å². The predicted octanol–water partition coefficient (Wildman–Crippen LogP) is 2.78. The van der Waals surface area contributed by atoms with Gasteiger partial charge in [-0.1, -0.05) is 18.2 Å². The van der Waals surface area contributed by atoms with Gasteiger partial charge in [0.05, 0.1) is 0 Å². The number of furan rings is 1. The molecule has 4 nitrogen and oxygen atoms in total. The Balaban J connectivity index is 1.95. The van der Waals surface area contributed by atoms with Crippen LogP contribution in [0.15, 0.2) is 47.0 Å². The summed E-state index contributed by atoms with van der Waals surface area (Å²) in [5, 5.41) is 1.10. The first-order chi connectivity index (χ1) is 9.15. The van der Waals surface area contributed by atoms with Gasteiger partial charge in [-0.05, 0) is 17.7 Å². The number of fused-ring (bicyclic) bond motifs is 1. The average Bonchev–Trinajstić information content (AvgIpc) is 2.96. The smallest absolute Gasteiger partial charge is 0.202 e. The minimum Gasteiger partial charge on any atom is -0.438 e. The highest BCUT2D eigenvalue weighted by Gasteiger charge is 2.14. The molecule has 1 aromatic carbocycles. The summed E-state index contributed by atoms with van der Waals surface area (Å²) in [4.78, 5) is 12.1. The second-order valence-corrected chi connectivity index (χ2v) is 4.58. The van der Waals surface area contributed by atoms with E-state index in [4.69, 9.17) is 10.2 Å². The summed E-state index contributed by atoms with van der Waals surface area (Å²) in [6.07, 6.45) is 2.29. The Labute approximate surface area is 110 Å². The summed E-state index contributed by atoms with van der Waals surface area (Å²) in [6, 6.07) is 11.2. The Kier molecular flexibility index (Phi) is 2.63. The molecule has 0 saturated heterocycles. The van der Waals surface area contributed by atoms with Gasteiger partial charge >= 0.3 is 0 Å². The third kappa shape index (κ3) is 2.01. The zero-order chi connectivity index (χ0) is 13.4. The van der Waals surface area contributed by atoms with E-state index >= 15 is 0 Å². The van der Waals surface area contributed by atoms with Crippen LogP contribution in [0.5, 0.6) is 0 Å². The van der Waals surface area contributed by atoms with Crippen LogP contribution in [-0.2, 0) is 13.5 Å². The van der Waals surface area contributed by atoms with Gasteiger partial charge in [-0.15, -0.1) is 0 Å².